The van der Waals surface area contributed by atoms with E-state index in [0.717, 1.165) is 6.92 Å². The lowest BCUT2D eigenvalue weighted by molar-refractivity contribution is -0.00222. The topological polar surface area (TPSA) is 0 Å². The molecule has 12 heavy (non-hydrogen) atoms. The fourth-order valence-electron chi connectivity index (χ4n) is 1.03. The molecule has 0 aliphatic rings. The molecule has 1 aromatic carbocycles. The first kappa shape index (κ1) is 9.17. The molecule has 0 amide bonds. The second-order valence-electron chi connectivity index (χ2n) is 3.09. The Kier molecular flexibility index (Phi) is 2.46. The number of rotatable bonds is 2. The van der Waals surface area contributed by atoms with Crippen LogP contribution in [0.1, 0.15) is 25.3 Å². The molecular weight excluding hydrogens is 158 g/mol. The van der Waals surface area contributed by atoms with Crippen LogP contribution in [-0.4, -0.2) is 5.92 Å². The molecule has 0 nitrogen and oxygen atoms in total. The van der Waals surface area contributed by atoms with Gasteiger partial charge in [0.1, 0.15) is 0 Å². The number of benzene rings is 1. The van der Waals surface area contributed by atoms with E-state index in [9.17, 15) is 8.78 Å². The monoisotopic (exact) mass is 170 g/mol. The summed E-state index contributed by atoms with van der Waals surface area (Å²) in [5, 5.41) is 0. The quantitative estimate of drug-likeness (QED) is 0.637. The normalized spacial score (nSPS) is 14.3. The van der Waals surface area contributed by atoms with Gasteiger partial charge in [0.2, 0.25) is 0 Å². The zero-order valence-corrected chi connectivity index (χ0v) is 7.22. The molecule has 0 N–H and O–H groups in total. The molecule has 1 aromatic rings. The van der Waals surface area contributed by atoms with Gasteiger partial charge in [0, 0.05) is 5.92 Å². The molecule has 66 valence electrons. The van der Waals surface area contributed by atoms with Crippen molar-refractivity contribution in [3.8, 4) is 0 Å². The average Bonchev–Trinajstić information content (AvgIpc) is 2.03. The Hall–Kier alpha value is -0.920. The van der Waals surface area contributed by atoms with Gasteiger partial charge < -0.3 is 0 Å². The summed E-state index contributed by atoms with van der Waals surface area (Å²) in [5.41, 5.74) is 0.685. The Morgan fingerprint density at radius 1 is 1.17 bits per heavy atom. The fraction of sp³-hybridized carbons (Fsp3) is 0.400. The van der Waals surface area contributed by atoms with Gasteiger partial charge in [-0.05, 0) is 12.5 Å². The minimum atomic E-state index is -2.64. The summed E-state index contributed by atoms with van der Waals surface area (Å²) in [6.45, 7) is 2.49. The molecule has 0 radical (unpaired) electrons. The van der Waals surface area contributed by atoms with Crippen molar-refractivity contribution in [1.82, 2.24) is 0 Å². The van der Waals surface area contributed by atoms with Gasteiger partial charge in [0.25, 0.3) is 5.92 Å². The largest absolute Gasteiger partial charge is 0.251 e. The first-order valence-corrected chi connectivity index (χ1v) is 3.94. The van der Waals surface area contributed by atoms with Gasteiger partial charge >= 0.3 is 0 Å². The molecule has 0 saturated heterocycles. The van der Waals surface area contributed by atoms with Gasteiger partial charge in [-0.2, -0.15) is 0 Å². The van der Waals surface area contributed by atoms with Gasteiger partial charge in [-0.25, -0.2) is 8.78 Å². The molecular formula is C10H12F2. The van der Waals surface area contributed by atoms with Crippen molar-refractivity contribution in [3.05, 3.63) is 35.9 Å². The van der Waals surface area contributed by atoms with E-state index >= 15 is 0 Å². The van der Waals surface area contributed by atoms with Crippen molar-refractivity contribution in [2.75, 3.05) is 0 Å². The van der Waals surface area contributed by atoms with Crippen molar-refractivity contribution in [2.45, 2.75) is 25.7 Å². The predicted octanol–water partition coefficient (Wildman–Crippen LogP) is 3.45. The SMILES string of the molecule is C[C@@H](c1ccccc1)C(C)(F)F. The summed E-state index contributed by atoms with van der Waals surface area (Å²) in [6.07, 6.45) is 0. The number of alkyl halides is 2. The summed E-state index contributed by atoms with van der Waals surface area (Å²) < 4.78 is 25.6. The highest BCUT2D eigenvalue weighted by Crippen LogP contribution is 2.31. The lowest BCUT2D eigenvalue weighted by Gasteiger charge is -2.19. The van der Waals surface area contributed by atoms with Crippen LogP contribution >= 0.6 is 0 Å². The summed E-state index contributed by atoms with van der Waals surface area (Å²) in [6, 6.07) is 8.82. The van der Waals surface area contributed by atoms with Crippen LogP contribution in [0.15, 0.2) is 30.3 Å². The molecule has 0 aliphatic heterocycles. The van der Waals surface area contributed by atoms with E-state index in [0.29, 0.717) is 5.56 Å². The van der Waals surface area contributed by atoms with E-state index in [1.807, 2.05) is 6.07 Å². The Labute approximate surface area is 71.2 Å². The van der Waals surface area contributed by atoms with Crippen LogP contribution in [0.25, 0.3) is 0 Å². The highest BCUT2D eigenvalue weighted by Gasteiger charge is 2.30. The summed E-state index contributed by atoms with van der Waals surface area (Å²) in [7, 11) is 0. The summed E-state index contributed by atoms with van der Waals surface area (Å²) in [4.78, 5) is 0. The van der Waals surface area contributed by atoms with E-state index < -0.39 is 11.8 Å². The third-order valence-electron chi connectivity index (χ3n) is 2.06. The first-order chi connectivity index (χ1) is 5.52. The molecule has 1 atom stereocenters. The Morgan fingerprint density at radius 2 is 1.67 bits per heavy atom. The van der Waals surface area contributed by atoms with Crippen molar-refractivity contribution in [3.63, 3.8) is 0 Å². The maximum atomic E-state index is 12.8. The van der Waals surface area contributed by atoms with Gasteiger partial charge in [0.15, 0.2) is 0 Å². The molecule has 0 fully saturated rings. The maximum Gasteiger partial charge on any atom is 0.251 e. The minimum absolute atomic E-state index is 0.685. The molecule has 0 bridgehead atoms. The third kappa shape index (κ3) is 2.03. The molecule has 0 saturated carbocycles. The van der Waals surface area contributed by atoms with Gasteiger partial charge in [0.05, 0.1) is 0 Å². The van der Waals surface area contributed by atoms with E-state index in [4.69, 9.17) is 0 Å². The van der Waals surface area contributed by atoms with Crippen LogP contribution in [0.3, 0.4) is 0 Å². The molecule has 0 unspecified atom stereocenters. The van der Waals surface area contributed by atoms with Crippen LogP contribution < -0.4 is 0 Å². The van der Waals surface area contributed by atoms with Crippen molar-refractivity contribution in [1.29, 1.82) is 0 Å². The molecule has 0 heterocycles. The third-order valence-corrected chi connectivity index (χ3v) is 2.06. The first-order valence-electron chi connectivity index (χ1n) is 3.94. The Bertz CT molecular complexity index is 236. The van der Waals surface area contributed by atoms with Gasteiger partial charge in [-0.3, -0.25) is 0 Å². The minimum Gasteiger partial charge on any atom is -0.207 e. The van der Waals surface area contributed by atoms with E-state index in [2.05, 4.69) is 0 Å². The molecule has 0 spiro atoms. The molecule has 0 aliphatic carbocycles. The molecule has 0 aromatic heterocycles. The van der Waals surface area contributed by atoms with Gasteiger partial charge in [-0.15, -0.1) is 0 Å². The Balaban J connectivity index is 2.86. The smallest absolute Gasteiger partial charge is 0.207 e. The van der Waals surface area contributed by atoms with Crippen molar-refractivity contribution in [2.24, 2.45) is 0 Å². The second kappa shape index (κ2) is 3.21. The van der Waals surface area contributed by atoms with E-state index in [1.165, 1.54) is 6.92 Å². The summed E-state index contributed by atoms with van der Waals surface area (Å²) in [5.74, 6) is -3.35. The highest BCUT2D eigenvalue weighted by atomic mass is 19.3. The van der Waals surface area contributed by atoms with E-state index in [-0.39, 0.29) is 0 Å². The predicted molar refractivity (Wildman–Crippen MR) is 45.5 cm³/mol. The second-order valence-corrected chi connectivity index (χ2v) is 3.09. The highest BCUT2D eigenvalue weighted by molar-refractivity contribution is 5.20. The number of hydrogen-bond acceptors (Lipinski definition) is 0. The van der Waals surface area contributed by atoms with E-state index in [1.54, 1.807) is 24.3 Å². The van der Waals surface area contributed by atoms with Crippen LogP contribution in [-0.2, 0) is 0 Å². The fourth-order valence-corrected chi connectivity index (χ4v) is 1.03. The lowest BCUT2D eigenvalue weighted by atomic mass is 9.96. The van der Waals surface area contributed by atoms with Crippen molar-refractivity contribution >= 4 is 0 Å². The standard InChI is InChI=1S/C10H12F2/c1-8(10(2,11)12)9-6-4-3-5-7-9/h3-8H,1-2H3/t8-/m0/s1. The summed E-state index contributed by atoms with van der Waals surface area (Å²) >= 11 is 0. The van der Waals surface area contributed by atoms with Crippen LogP contribution in [0.4, 0.5) is 8.78 Å². The zero-order chi connectivity index (χ0) is 9.19. The number of halogens is 2. The van der Waals surface area contributed by atoms with Crippen molar-refractivity contribution < 1.29 is 8.78 Å². The Morgan fingerprint density at radius 3 is 2.08 bits per heavy atom. The molecule has 2 heteroatoms. The van der Waals surface area contributed by atoms with Crippen LogP contribution in [0, 0.1) is 0 Å². The molecule has 1 rings (SSSR count). The van der Waals surface area contributed by atoms with Crippen LogP contribution in [0.2, 0.25) is 0 Å². The zero-order valence-electron chi connectivity index (χ0n) is 7.22. The maximum absolute atomic E-state index is 12.8. The lowest BCUT2D eigenvalue weighted by Crippen LogP contribution is -2.19. The van der Waals surface area contributed by atoms with Gasteiger partial charge in [-0.1, -0.05) is 37.3 Å². The average molecular weight is 170 g/mol. The number of hydrogen-bond donors (Lipinski definition) is 0. The van der Waals surface area contributed by atoms with Crippen LogP contribution in [0.5, 0.6) is 0 Å².